The molecule has 0 atom stereocenters. The van der Waals surface area contributed by atoms with E-state index in [2.05, 4.69) is 14.4 Å². The number of hydrogen-bond donors (Lipinski definition) is 2. The van der Waals surface area contributed by atoms with Crippen LogP contribution in [0.3, 0.4) is 0 Å². The SMILES string of the molecule is Cc1cc(N)c([N+](=O)[O-])cc1S(=O)(=O)Nc1ccon1. The van der Waals surface area contributed by atoms with Gasteiger partial charge in [0.25, 0.3) is 15.7 Å². The Labute approximate surface area is 113 Å². The number of sulfonamides is 1. The predicted octanol–water partition coefficient (Wildman–Crippen LogP) is 1.27. The van der Waals surface area contributed by atoms with Crippen LogP contribution in [0.15, 0.2) is 33.9 Å². The summed E-state index contributed by atoms with van der Waals surface area (Å²) >= 11 is 0. The first-order valence-corrected chi connectivity index (χ1v) is 6.77. The van der Waals surface area contributed by atoms with E-state index < -0.39 is 20.6 Å². The van der Waals surface area contributed by atoms with E-state index in [1.54, 1.807) is 0 Å². The Kier molecular flexibility index (Phi) is 3.32. The third kappa shape index (κ3) is 2.54. The summed E-state index contributed by atoms with van der Waals surface area (Å²) in [6.45, 7) is 1.48. The van der Waals surface area contributed by atoms with E-state index in [0.717, 1.165) is 6.07 Å². The molecule has 2 aromatic rings. The van der Waals surface area contributed by atoms with E-state index in [9.17, 15) is 18.5 Å². The molecule has 0 fully saturated rings. The number of hydrogen-bond acceptors (Lipinski definition) is 7. The molecule has 20 heavy (non-hydrogen) atoms. The van der Waals surface area contributed by atoms with Gasteiger partial charge in [0, 0.05) is 12.1 Å². The molecule has 1 aromatic carbocycles. The molecule has 106 valence electrons. The van der Waals surface area contributed by atoms with Crippen molar-refractivity contribution in [2.45, 2.75) is 11.8 Å². The Hall–Kier alpha value is -2.62. The van der Waals surface area contributed by atoms with Gasteiger partial charge in [0.1, 0.15) is 12.0 Å². The van der Waals surface area contributed by atoms with Crippen molar-refractivity contribution in [3.05, 3.63) is 40.1 Å². The van der Waals surface area contributed by atoms with Crippen LogP contribution in [0.25, 0.3) is 0 Å². The number of nitro groups is 1. The molecular formula is C10H10N4O5S. The van der Waals surface area contributed by atoms with Crippen LogP contribution in [-0.2, 0) is 10.0 Å². The molecule has 0 amide bonds. The number of aryl methyl sites for hydroxylation is 1. The van der Waals surface area contributed by atoms with Crippen LogP contribution in [0.4, 0.5) is 17.2 Å². The minimum atomic E-state index is -4.02. The summed E-state index contributed by atoms with van der Waals surface area (Å²) in [6, 6.07) is 3.45. The summed E-state index contributed by atoms with van der Waals surface area (Å²) in [7, 11) is -4.02. The van der Waals surface area contributed by atoms with Crippen molar-refractivity contribution >= 4 is 27.2 Å². The second-order valence-corrected chi connectivity index (χ2v) is 5.57. The summed E-state index contributed by atoms with van der Waals surface area (Å²) in [5.74, 6) is -0.0242. The molecule has 0 aliphatic carbocycles. The highest BCUT2D eigenvalue weighted by Gasteiger charge is 2.23. The van der Waals surface area contributed by atoms with Crippen LogP contribution >= 0.6 is 0 Å². The number of anilines is 2. The molecule has 3 N–H and O–H groups in total. The standard InChI is InChI=1S/C10H10N4O5S/c1-6-4-7(11)8(14(15)16)5-9(6)20(17,18)13-10-2-3-19-12-10/h2-5H,11H2,1H3,(H,12,13). The van der Waals surface area contributed by atoms with Crippen molar-refractivity contribution in [1.82, 2.24) is 5.16 Å². The van der Waals surface area contributed by atoms with Crippen molar-refractivity contribution in [2.24, 2.45) is 0 Å². The Balaban J connectivity index is 2.51. The van der Waals surface area contributed by atoms with Gasteiger partial charge in [0.05, 0.1) is 9.82 Å². The normalized spacial score (nSPS) is 11.2. The maximum atomic E-state index is 12.2. The van der Waals surface area contributed by atoms with E-state index in [0.29, 0.717) is 0 Å². The molecule has 0 unspecified atom stereocenters. The highest BCUT2D eigenvalue weighted by atomic mass is 32.2. The number of nitrogens with one attached hydrogen (secondary N) is 1. The Morgan fingerprint density at radius 2 is 2.15 bits per heavy atom. The van der Waals surface area contributed by atoms with Gasteiger partial charge in [0.15, 0.2) is 5.82 Å². The first-order chi connectivity index (χ1) is 9.31. The number of benzene rings is 1. The summed E-state index contributed by atoms with van der Waals surface area (Å²) in [6.07, 6.45) is 1.19. The summed E-state index contributed by atoms with van der Waals surface area (Å²) in [4.78, 5) is 9.82. The van der Waals surface area contributed by atoms with Gasteiger partial charge in [-0.15, -0.1) is 0 Å². The zero-order valence-electron chi connectivity index (χ0n) is 10.2. The maximum absolute atomic E-state index is 12.2. The average Bonchev–Trinajstić information content (AvgIpc) is 2.79. The van der Waals surface area contributed by atoms with Gasteiger partial charge in [-0.05, 0) is 18.6 Å². The molecule has 0 radical (unpaired) electrons. The Bertz CT molecular complexity index is 754. The molecule has 0 saturated carbocycles. The van der Waals surface area contributed by atoms with Crippen LogP contribution in [0.1, 0.15) is 5.56 Å². The second-order valence-electron chi connectivity index (χ2n) is 3.92. The highest BCUT2D eigenvalue weighted by Crippen LogP contribution is 2.29. The topological polar surface area (TPSA) is 141 Å². The molecule has 1 aromatic heterocycles. The van der Waals surface area contributed by atoms with Crippen molar-refractivity contribution in [3.8, 4) is 0 Å². The van der Waals surface area contributed by atoms with Crippen LogP contribution in [0.5, 0.6) is 0 Å². The molecule has 0 aliphatic heterocycles. The summed E-state index contributed by atoms with van der Waals surface area (Å²) in [5.41, 5.74) is 5.19. The molecule has 0 aliphatic rings. The number of nitrogens with zero attached hydrogens (tertiary/aromatic N) is 2. The molecule has 0 saturated heterocycles. The minimum absolute atomic E-state index is 0.0242. The fourth-order valence-electron chi connectivity index (χ4n) is 1.61. The number of nitrogen functional groups attached to an aromatic ring is 1. The summed E-state index contributed by atoms with van der Waals surface area (Å²) in [5, 5.41) is 14.2. The van der Waals surface area contributed by atoms with E-state index in [-0.39, 0.29) is 22.0 Å². The van der Waals surface area contributed by atoms with Gasteiger partial charge < -0.3 is 10.3 Å². The molecule has 0 bridgehead atoms. The number of nitrogens with two attached hydrogens (primary N) is 1. The maximum Gasteiger partial charge on any atom is 0.293 e. The Morgan fingerprint density at radius 1 is 1.45 bits per heavy atom. The van der Waals surface area contributed by atoms with E-state index in [1.165, 1.54) is 25.3 Å². The fourth-order valence-corrected chi connectivity index (χ4v) is 2.85. The lowest BCUT2D eigenvalue weighted by atomic mass is 10.2. The lowest BCUT2D eigenvalue weighted by Gasteiger charge is -2.09. The lowest BCUT2D eigenvalue weighted by molar-refractivity contribution is -0.384. The van der Waals surface area contributed by atoms with Crippen LogP contribution in [0.2, 0.25) is 0 Å². The van der Waals surface area contributed by atoms with Crippen molar-refractivity contribution < 1.29 is 17.9 Å². The zero-order chi connectivity index (χ0) is 14.9. The molecular weight excluding hydrogens is 288 g/mol. The molecule has 2 rings (SSSR count). The quantitative estimate of drug-likeness (QED) is 0.491. The van der Waals surface area contributed by atoms with Crippen LogP contribution < -0.4 is 10.5 Å². The molecule has 1 heterocycles. The average molecular weight is 298 g/mol. The smallest absolute Gasteiger partial charge is 0.293 e. The first kappa shape index (κ1) is 13.8. The van der Waals surface area contributed by atoms with E-state index >= 15 is 0 Å². The second kappa shape index (κ2) is 4.81. The number of aromatic nitrogens is 1. The minimum Gasteiger partial charge on any atom is -0.393 e. The summed E-state index contributed by atoms with van der Waals surface area (Å²) < 4.78 is 30.9. The fraction of sp³-hybridized carbons (Fsp3) is 0.100. The Morgan fingerprint density at radius 3 is 2.70 bits per heavy atom. The van der Waals surface area contributed by atoms with Crippen LogP contribution in [0, 0.1) is 17.0 Å². The number of nitro benzene ring substituents is 1. The van der Waals surface area contributed by atoms with Crippen molar-refractivity contribution in [3.63, 3.8) is 0 Å². The van der Waals surface area contributed by atoms with Crippen molar-refractivity contribution in [1.29, 1.82) is 0 Å². The predicted molar refractivity (Wildman–Crippen MR) is 69.6 cm³/mol. The molecule has 0 spiro atoms. The van der Waals surface area contributed by atoms with Gasteiger partial charge in [-0.3, -0.25) is 14.8 Å². The highest BCUT2D eigenvalue weighted by molar-refractivity contribution is 7.92. The van der Waals surface area contributed by atoms with E-state index in [1.807, 2.05) is 0 Å². The van der Waals surface area contributed by atoms with Gasteiger partial charge in [-0.1, -0.05) is 5.16 Å². The van der Waals surface area contributed by atoms with Gasteiger partial charge in [0.2, 0.25) is 0 Å². The van der Waals surface area contributed by atoms with Gasteiger partial charge in [-0.2, -0.15) is 0 Å². The first-order valence-electron chi connectivity index (χ1n) is 5.29. The van der Waals surface area contributed by atoms with Crippen molar-refractivity contribution in [2.75, 3.05) is 10.5 Å². The van der Waals surface area contributed by atoms with Crippen LogP contribution in [-0.4, -0.2) is 18.5 Å². The third-order valence-corrected chi connectivity index (χ3v) is 3.98. The van der Waals surface area contributed by atoms with Gasteiger partial charge >= 0.3 is 0 Å². The van der Waals surface area contributed by atoms with E-state index in [4.69, 9.17) is 5.73 Å². The monoisotopic (exact) mass is 298 g/mol. The largest absolute Gasteiger partial charge is 0.393 e. The molecule has 10 heteroatoms. The lowest BCUT2D eigenvalue weighted by Crippen LogP contribution is -2.15. The third-order valence-electron chi connectivity index (χ3n) is 2.49. The number of rotatable bonds is 4. The van der Waals surface area contributed by atoms with Gasteiger partial charge in [-0.25, -0.2) is 8.42 Å². The zero-order valence-corrected chi connectivity index (χ0v) is 11.0. The molecule has 9 nitrogen and oxygen atoms in total.